The van der Waals surface area contributed by atoms with Gasteiger partial charge in [0, 0.05) is 13.1 Å². The molecule has 1 aromatic heterocycles. The Labute approximate surface area is 109 Å². The van der Waals surface area contributed by atoms with Gasteiger partial charge in [0.2, 0.25) is 0 Å². The Kier molecular flexibility index (Phi) is 4.00. The predicted octanol–water partition coefficient (Wildman–Crippen LogP) is 0.978. The smallest absolute Gasteiger partial charge is 0.107 e. The summed E-state index contributed by atoms with van der Waals surface area (Å²) in [7, 11) is 0. The molecule has 2 rings (SSSR count). The van der Waals surface area contributed by atoms with E-state index in [1.54, 1.807) is 11.3 Å². The molecule has 0 aliphatic heterocycles. The van der Waals surface area contributed by atoms with Gasteiger partial charge >= 0.3 is 0 Å². The van der Waals surface area contributed by atoms with Crippen LogP contribution < -0.4 is 10.6 Å². The molecule has 0 amide bonds. The number of hydrogen-bond acceptors (Lipinski definition) is 6. The number of anilines is 2. The van der Waals surface area contributed by atoms with Crippen molar-refractivity contribution in [3.63, 3.8) is 0 Å². The lowest BCUT2D eigenvalue weighted by Crippen LogP contribution is -2.29. The number of rotatable bonds is 5. The highest BCUT2D eigenvalue weighted by Gasteiger charge is 2.14. The summed E-state index contributed by atoms with van der Waals surface area (Å²) in [6.07, 6.45) is 0. The minimum Gasteiger partial charge on any atom is -0.397 e. The molecule has 5 nitrogen and oxygen atoms in total. The Morgan fingerprint density at radius 3 is 2.56 bits per heavy atom. The average Bonchev–Trinajstić information content (AvgIpc) is 2.72. The van der Waals surface area contributed by atoms with Crippen molar-refractivity contribution in [3.8, 4) is 0 Å². The van der Waals surface area contributed by atoms with Gasteiger partial charge in [0.15, 0.2) is 0 Å². The maximum atomic E-state index is 9.10. The number of aryl methyl sites for hydroxylation is 1. The molecule has 0 unspecified atom stereocenters. The Morgan fingerprint density at radius 1 is 1.28 bits per heavy atom. The summed E-state index contributed by atoms with van der Waals surface area (Å²) >= 11 is 1.58. The number of aliphatic hydroxyl groups excluding tert-OH is 2. The van der Waals surface area contributed by atoms with Crippen LogP contribution in [-0.4, -0.2) is 41.5 Å². The number of nitrogens with two attached hydrogens (primary N) is 1. The number of aromatic nitrogens is 1. The molecule has 0 spiro atoms. The number of fused-ring (bicyclic) bond motifs is 1. The first-order valence-corrected chi connectivity index (χ1v) is 6.61. The lowest BCUT2D eigenvalue weighted by molar-refractivity contribution is 0.281. The highest BCUT2D eigenvalue weighted by molar-refractivity contribution is 7.19. The summed E-state index contributed by atoms with van der Waals surface area (Å²) in [4.78, 5) is 6.36. The third-order valence-electron chi connectivity index (χ3n) is 2.74. The second kappa shape index (κ2) is 5.51. The van der Waals surface area contributed by atoms with Crippen LogP contribution in [0.15, 0.2) is 12.1 Å². The molecule has 6 heteroatoms. The number of nitrogens with zero attached hydrogens (tertiary/aromatic N) is 2. The SMILES string of the molecule is Cc1nc2c(N)ccc(N(CCO)CCO)c2s1. The van der Waals surface area contributed by atoms with Crippen LogP contribution in [0.1, 0.15) is 5.01 Å². The van der Waals surface area contributed by atoms with E-state index in [4.69, 9.17) is 15.9 Å². The minimum atomic E-state index is 0.0453. The molecule has 0 radical (unpaired) electrons. The topological polar surface area (TPSA) is 82.6 Å². The molecule has 4 N–H and O–H groups in total. The van der Waals surface area contributed by atoms with E-state index in [1.807, 2.05) is 24.0 Å². The van der Waals surface area contributed by atoms with Crippen LogP contribution in [0.25, 0.3) is 10.2 Å². The first-order valence-electron chi connectivity index (χ1n) is 5.79. The van der Waals surface area contributed by atoms with Gasteiger partial charge in [-0.2, -0.15) is 0 Å². The third kappa shape index (κ3) is 2.40. The second-order valence-electron chi connectivity index (χ2n) is 4.02. The normalized spacial score (nSPS) is 11.1. The molecule has 0 saturated heterocycles. The van der Waals surface area contributed by atoms with Gasteiger partial charge in [-0.1, -0.05) is 0 Å². The lowest BCUT2D eigenvalue weighted by Gasteiger charge is -2.23. The first kappa shape index (κ1) is 13.1. The number of hydrogen-bond donors (Lipinski definition) is 3. The molecule has 0 fully saturated rings. The van der Waals surface area contributed by atoms with Crippen molar-refractivity contribution in [2.45, 2.75) is 6.92 Å². The fourth-order valence-corrected chi connectivity index (χ4v) is 2.96. The van der Waals surface area contributed by atoms with Crippen molar-refractivity contribution in [1.82, 2.24) is 4.98 Å². The zero-order valence-electron chi connectivity index (χ0n) is 10.3. The third-order valence-corrected chi connectivity index (χ3v) is 3.73. The van der Waals surface area contributed by atoms with E-state index in [2.05, 4.69) is 4.98 Å². The fourth-order valence-electron chi connectivity index (χ4n) is 1.96. The van der Waals surface area contributed by atoms with Crippen LogP contribution in [0.3, 0.4) is 0 Å². The van der Waals surface area contributed by atoms with Crippen molar-refractivity contribution in [1.29, 1.82) is 0 Å². The summed E-state index contributed by atoms with van der Waals surface area (Å²) in [5.41, 5.74) is 8.34. The molecule has 1 heterocycles. The zero-order chi connectivity index (χ0) is 13.1. The summed E-state index contributed by atoms with van der Waals surface area (Å²) in [5.74, 6) is 0. The van der Waals surface area contributed by atoms with Crippen LogP contribution in [0.4, 0.5) is 11.4 Å². The van der Waals surface area contributed by atoms with E-state index in [-0.39, 0.29) is 13.2 Å². The van der Waals surface area contributed by atoms with E-state index < -0.39 is 0 Å². The highest BCUT2D eigenvalue weighted by Crippen LogP contribution is 2.34. The van der Waals surface area contributed by atoms with Gasteiger partial charge in [-0.25, -0.2) is 4.98 Å². The Bertz CT molecular complexity index is 535. The first-order chi connectivity index (χ1) is 8.67. The lowest BCUT2D eigenvalue weighted by atomic mass is 10.2. The number of nitrogen functional groups attached to an aromatic ring is 1. The molecular formula is C12H17N3O2S. The molecule has 0 atom stereocenters. The van der Waals surface area contributed by atoms with Crippen LogP contribution >= 0.6 is 11.3 Å². The molecule has 2 aromatic rings. The summed E-state index contributed by atoms with van der Waals surface area (Å²) in [5, 5.41) is 19.1. The van der Waals surface area contributed by atoms with Crippen molar-refractivity contribution in [2.24, 2.45) is 0 Å². The van der Waals surface area contributed by atoms with Crippen molar-refractivity contribution < 1.29 is 10.2 Å². The van der Waals surface area contributed by atoms with Crippen LogP contribution in [0, 0.1) is 6.92 Å². The monoisotopic (exact) mass is 267 g/mol. The molecule has 0 aliphatic carbocycles. The van der Waals surface area contributed by atoms with E-state index >= 15 is 0 Å². The molecule has 0 aliphatic rings. The molecular weight excluding hydrogens is 250 g/mol. The zero-order valence-corrected chi connectivity index (χ0v) is 11.1. The van der Waals surface area contributed by atoms with Gasteiger partial charge in [0.1, 0.15) is 5.52 Å². The quantitative estimate of drug-likeness (QED) is 0.703. The van der Waals surface area contributed by atoms with E-state index in [0.29, 0.717) is 18.8 Å². The Hall–Kier alpha value is -1.37. The molecule has 98 valence electrons. The maximum Gasteiger partial charge on any atom is 0.107 e. The van der Waals surface area contributed by atoms with E-state index in [0.717, 1.165) is 20.9 Å². The Balaban J connectivity index is 2.51. The average molecular weight is 267 g/mol. The molecule has 1 aromatic carbocycles. The number of thiazole rings is 1. The second-order valence-corrected chi connectivity index (χ2v) is 5.22. The highest BCUT2D eigenvalue weighted by atomic mass is 32.1. The predicted molar refractivity (Wildman–Crippen MR) is 75.2 cm³/mol. The van der Waals surface area contributed by atoms with Crippen LogP contribution in [-0.2, 0) is 0 Å². The van der Waals surface area contributed by atoms with E-state index in [1.165, 1.54) is 0 Å². The van der Waals surface area contributed by atoms with Crippen LogP contribution in [0.5, 0.6) is 0 Å². The van der Waals surface area contributed by atoms with Gasteiger partial charge in [-0.3, -0.25) is 0 Å². The van der Waals surface area contributed by atoms with E-state index in [9.17, 15) is 0 Å². The van der Waals surface area contributed by atoms with Gasteiger partial charge in [0.05, 0.1) is 34.3 Å². The molecule has 0 bridgehead atoms. The molecule has 0 saturated carbocycles. The number of aliphatic hydroxyl groups is 2. The summed E-state index contributed by atoms with van der Waals surface area (Å²) < 4.78 is 1.01. The van der Waals surface area contributed by atoms with Crippen molar-refractivity contribution >= 4 is 32.9 Å². The van der Waals surface area contributed by atoms with Crippen LogP contribution in [0.2, 0.25) is 0 Å². The molecule has 18 heavy (non-hydrogen) atoms. The van der Waals surface area contributed by atoms with Gasteiger partial charge in [0.25, 0.3) is 0 Å². The van der Waals surface area contributed by atoms with Gasteiger partial charge < -0.3 is 20.8 Å². The van der Waals surface area contributed by atoms with Crippen molar-refractivity contribution in [2.75, 3.05) is 36.9 Å². The summed E-state index contributed by atoms with van der Waals surface area (Å²) in [6.45, 7) is 3.00. The largest absolute Gasteiger partial charge is 0.397 e. The van der Waals surface area contributed by atoms with Gasteiger partial charge in [-0.05, 0) is 19.1 Å². The maximum absolute atomic E-state index is 9.10. The standard InChI is InChI=1S/C12H17N3O2S/c1-8-14-11-9(13)2-3-10(12(11)18-8)15(4-6-16)5-7-17/h2-3,16-17H,4-7,13H2,1H3. The summed E-state index contributed by atoms with van der Waals surface area (Å²) in [6, 6.07) is 3.74. The fraction of sp³-hybridized carbons (Fsp3) is 0.417. The minimum absolute atomic E-state index is 0.0453. The van der Waals surface area contributed by atoms with Crippen molar-refractivity contribution in [3.05, 3.63) is 17.1 Å². The Morgan fingerprint density at radius 2 is 1.94 bits per heavy atom. The number of benzene rings is 1. The van der Waals surface area contributed by atoms with Gasteiger partial charge in [-0.15, -0.1) is 11.3 Å².